The second-order valence-corrected chi connectivity index (χ2v) is 5.31. The van der Waals surface area contributed by atoms with Gasteiger partial charge in [-0.1, -0.05) is 0 Å². The number of likely N-dealkylation sites (N-methyl/N-ethyl adjacent to an activating group) is 1. The largest absolute Gasteiger partial charge is 0.339 e. The van der Waals surface area contributed by atoms with Gasteiger partial charge in [0, 0.05) is 31.7 Å². The van der Waals surface area contributed by atoms with E-state index in [9.17, 15) is 4.79 Å². The number of hydrogen-bond acceptors (Lipinski definition) is 3. The molecule has 4 nitrogen and oxygen atoms in total. The second-order valence-electron chi connectivity index (χ2n) is 5.31. The SMILES string of the molecule is C[C@@H]1CN(C(=O)[C@@H]2CC[C@H](C)N2)CCN1C. The van der Waals surface area contributed by atoms with Crippen molar-refractivity contribution in [3.8, 4) is 0 Å². The van der Waals surface area contributed by atoms with Crippen molar-refractivity contribution in [1.29, 1.82) is 0 Å². The molecule has 0 bridgehead atoms. The van der Waals surface area contributed by atoms with Crippen LogP contribution in [-0.2, 0) is 4.79 Å². The van der Waals surface area contributed by atoms with Gasteiger partial charge in [-0.05, 0) is 33.7 Å². The van der Waals surface area contributed by atoms with E-state index in [1.165, 1.54) is 0 Å². The Kier molecular flexibility index (Phi) is 3.50. The highest BCUT2D eigenvalue weighted by Crippen LogP contribution is 2.16. The molecule has 0 radical (unpaired) electrons. The molecular weight excluding hydrogens is 202 g/mol. The van der Waals surface area contributed by atoms with Crippen molar-refractivity contribution >= 4 is 5.91 Å². The third-order valence-electron chi connectivity index (χ3n) is 3.94. The predicted molar refractivity (Wildman–Crippen MR) is 64.3 cm³/mol. The lowest BCUT2D eigenvalue weighted by Crippen LogP contribution is -2.55. The fourth-order valence-corrected chi connectivity index (χ4v) is 2.59. The van der Waals surface area contributed by atoms with E-state index in [4.69, 9.17) is 0 Å². The van der Waals surface area contributed by atoms with Crippen molar-refractivity contribution in [2.75, 3.05) is 26.7 Å². The average Bonchev–Trinajstić information content (AvgIpc) is 2.68. The van der Waals surface area contributed by atoms with Gasteiger partial charge in [0.2, 0.25) is 5.91 Å². The zero-order chi connectivity index (χ0) is 11.7. The average molecular weight is 225 g/mol. The van der Waals surface area contributed by atoms with Crippen LogP contribution < -0.4 is 5.32 Å². The van der Waals surface area contributed by atoms with Crippen molar-refractivity contribution in [2.45, 2.75) is 44.8 Å². The van der Waals surface area contributed by atoms with Crippen LogP contribution in [0.25, 0.3) is 0 Å². The number of hydrogen-bond donors (Lipinski definition) is 1. The van der Waals surface area contributed by atoms with Gasteiger partial charge in [-0.2, -0.15) is 0 Å². The molecule has 92 valence electrons. The summed E-state index contributed by atoms with van der Waals surface area (Å²) in [4.78, 5) is 16.6. The van der Waals surface area contributed by atoms with Crippen LogP contribution in [0, 0.1) is 0 Å². The van der Waals surface area contributed by atoms with Crippen LogP contribution in [-0.4, -0.2) is 60.5 Å². The molecule has 2 aliphatic heterocycles. The van der Waals surface area contributed by atoms with E-state index in [2.05, 4.69) is 31.1 Å². The number of piperazine rings is 1. The lowest BCUT2D eigenvalue weighted by molar-refractivity contribution is -0.135. The van der Waals surface area contributed by atoms with Crippen LogP contribution >= 0.6 is 0 Å². The Morgan fingerprint density at radius 3 is 2.56 bits per heavy atom. The topological polar surface area (TPSA) is 35.6 Å². The molecule has 4 heteroatoms. The first-order valence-corrected chi connectivity index (χ1v) is 6.33. The Hall–Kier alpha value is -0.610. The van der Waals surface area contributed by atoms with Gasteiger partial charge in [-0.25, -0.2) is 0 Å². The Balaban J connectivity index is 1.90. The first kappa shape index (κ1) is 11.9. The summed E-state index contributed by atoms with van der Waals surface area (Å²) < 4.78 is 0. The highest BCUT2D eigenvalue weighted by Gasteiger charge is 2.32. The summed E-state index contributed by atoms with van der Waals surface area (Å²) in [5.74, 6) is 0.310. The third-order valence-corrected chi connectivity index (χ3v) is 3.94. The Morgan fingerprint density at radius 2 is 2.00 bits per heavy atom. The molecule has 2 heterocycles. The van der Waals surface area contributed by atoms with Gasteiger partial charge >= 0.3 is 0 Å². The van der Waals surface area contributed by atoms with Crippen LogP contribution in [0.4, 0.5) is 0 Å². The van der Waals surface area contributed by atoms with E-state index in [1.54, 1.807) is 0 Å². The minimum absolute atomic E-state index is 0.0746. The summed E-state index contributed by atoms with van der Waals surface area (Å²) in [6.45, 7) is 7.09. The normalized spacial score (nSPS) is 36.7. The van der Waals surface area contributed by atoms with Gasteiger partial charge in [0.05, 0.1) is 6.04 Å². The van der Waals surface area contributed by atoms with E-state index >= 15 is 0 Å². The van der Waals surface area contributed by atoms with Crippen LogP contribution in [0.2, 0.25) is 0 Å². The van der Waals surface area contributed by atoms with E-state index in [-0.39, 0.29) is 6.04 Å². The highest BCUT2D eigenvalue weighted by atomic mass is 16.2. The zero-order valence-corrected chi connectivity index (χ0v) is 10.6. The fraction of sp³-hybridized carbons (Fsp3) is 0.917. The molecule has 0 aliphatic carbocycles. The highest BCUT2D eigenvalue weighted by molar-refractivity contribution is 5.82. The summed E-state index contributed by atoms with van der Waals surface area (Å²) in [6.07, 6.45) is 2.13. The molecular formula is C12H23N3O. The lowest BCUT2D eigenvalue weighted by Gasteiger charge is -2.38. The maximum Gasteiger partial charge on any atom is 0.239 e. The predicted octanol–water partition coefficient (Wildman–Crippen LogP) is 0.289. The van der Waals surface area contributed by atoms with Crippen molar-refractivity contribution in [2.24, 2.45) is 0 Å². The van der Waals surface area contributed by atoms with Crippen LogP contribution in [0.3, 0.4) is 0 Å². The first-order chi connectivity index (χ1) is 7.58. The molecule has 2 rings (SSSR count). The van der Waals surface area contributed by atoms with Gasteiger partial charge in [0.1, 0.15) is 0 Å². The van der Waals surface area contributed by atoms with Gasteiger partial charge in [-0.3, -0.25) is 4.79 Å². The maximum atomic E-state index is 12.2. The van der Waals surface area contributed by atoms with E-state index in [0.29, 0.717) is 18.0 Å². The van der Waals surface area contributed by atoms with Crippen molar-refractivity contribution in [3.05, 3.63) is 0 Å². The first-order valence-electron chi connectivity index (χ1n) is 6.33. The molecule has 3 atom stereocenters. The van der Waals surface area contributed by atoms with Gasteiger partial charge in [0.25, 0.3) is 0 Å². The third kappa shape index (κ3) is 2.38. The number of carbonyl (C=O) groups is 1. The number of nitrogens with one attached hydrogen (secondary N) is 1. The van der Waals surface area contributed by atoms with Gasteiger partial charge in [-0.15, -0.1) is 0 Å². The zero-order valence-electron chi connectivity index (χ0n) is 10.6. The summed E-state index contributed by atoms with van der Waals surface area (Å²) in [5.41, 5.74) is 0. The number of nitrogens with zero attached hydrogens (tertiary/aromatic N) is 2. The molecule has 0 saturated carbocycles. The molecule has 2 fully saturated rings. The molecule has 0 unspecified atom stereocenters. The van der Waals surface area contributed by atoms with Gasteiger partial charge in [0.15, 0.2) is 0 Å². The molecule has 1 N–H and O–H groups in total. The molecule has 1 amide bonds. The maximum absolute atomic E-state index is 12.2. The smallest absolute Gasteiger partial charge is 0.239 e. The van der Waals surface area contributed by atoms with Crippen LogP contribution in [0.5, 0.6) is 0 Å². The molecule has 2 saturated heterocycles. The van der Waals surface area contributed by atoms with E-state index in [0.717, 1.165) is 32.5 Å². The van der Waals surface area contributed by atoms with Gasteiger partial charge < -0.3 is 15.1 Å². The lowest BCUT2D eigenvalue weighted by atomic mass is 10.1. The number of amides is 1. The van der Waals surface area contributed by atoms with Crippen LogP contribution in [0.15, 0.2) is 0 Å². The molecule has 0 aromatic carbocycles. The molecule has 16 heavy (non-hydrogen) atoms. The summed E-state index contributed by atoms with van der Waals surface area (Å²) >= 11 is 0. The Labute approximate surface area is 98.0 Å². The van der Waals surface area contributed by atoms with Crippen molar-refractivity contribution in [3.63, 3.8) is 0 Å². The molecule has 0 spiro atoms. The van der Waals surface area contributed by atoms with E-state index < -0.39 is 0 Å². The number of carbonyl (C=O) groups excluding carboxylic acids is 1. The van der Waals surface area contributed by atoms with Crippen molar-refractivity contribution < 1.29 is 4.79 Å². The second kappa shape index (κ2) is 4.72. The Morgan fingerprint density at radius 1 is 1.25 bits per heavy atom. The summed E-state index contributed by atoms with van der Waals surface area (Å²) in [6, 6.07) is 1.06. The quantitative estimate of drug-likeness (QED) is 0.697. The van der Waals surface area contributed by atoms with Crippen molar-refractivity contribution in [1.82, 2.24) is 15.1 Å². The minimum Gasteiger partial charge on any atom is -0.339 e. The minimum atomic E-state index is 0.0746. The monoisotopic (exact) mass is 225 g/mol. The van der Waals surface area contributed by atoms with E-state index in [1.807, 2.05) is 4.90 Å². The molecule has 0 aromatic rings. The Bertz CT molecular complexity index is 269. The summed E-state index contributed by atoms with van der Waals surface area (Å²) in [7, 11) is 2.13. The molecule has 2 aliphatic rings. The summed E-state index contributed by atoms with van der Waals surface area (Å²) in [5, 5.41) is 3.37. The number of rotatable bonds is 1. The standard InChI is InChI=1S/C12H23N3O/c1-9-4-5-11(13-9)12(16)15-7-6-14(3)10(2)8-15/h9-11,13H,4-8H2,1-3H3/t9-,10+,11-/m0/s1. The van der Waals surface area contributed by atoms with Crippen LogP contribution in [0.1, 0.15) is 26.7 Å². The fourth-order valence-electron chi connectivity index (χ4n) is 2.59. The molecule has 0 aromatic heterocycles.